The standard InChI is InChI=1S/C24H20F2N2O5S/c1-31-20-12-7-15(13-21(20)32-2)14-27-23-24(34(29,30)17-10-8-16(25)9-11-17)28-22(33-23)18-5-3-4-6-19(18)26/h3-13,27H,14H2,1-2H3. The molecule has 1 aromatic heterocycles. The monoisotopic (exact) mass is 486 g/mol. The molecule has 0 aliphatic carbocycles. The van der Waals surface area contributed by atoms with E-state index < -0.39 is 26.5 Å². The minimum absolute atomic E-state index is 0.00257. The maximum atomic E-state index is 14.3. The van der Waals surface area contributed by atoms with Gasteiger partial charge in [-0.05, 0) is 54.1 Å². The van der Waals surface area contributed by atoms with Crippen LogP contribution in [0.25, 0.3) is 11.5 Å². The molecule has 0 saturated carbocycles. The molecule has 4 aromatic rings. The second kappa shape index (κ2) is 9.52. The number of aromatic nitrogens is 1. The molecule has 0 atom stereocenters. The fourth-order valence-electron chi connectivity index (χ4n) is 3.25. The number of halogens is 2. The fraction of sp³-hybridized carbons (Fsp3) is 0.125. The summed E-state index contributed by atoms with van der Waals surface area (Å²) in [5.74, 6) is -0.581. The van der Waals surface area contributed by atoms with Gasteiger partial charge in [0.25, 0.3) is 0 Å². The Kier molecular flexibility index (Phi) is 6.51. The van der Waals surface area contributed by atoms with E-state index in [0.29, 0.717) is 11.5 Å². The molecule has 34 heavy (non-hydrogen) atoms. The summed E-state index contributed by atoms with van der Waals surface area (Å²) in [6.45, 7) is 0.137. The van der Waals surface area contributed by atoms with Gasteiger partial charge in [0, 0.05) is 6.54 Å². The van der Waals surface area contributed by atoms with Crippen LogP contribution in [0, 0.1) is 11.6 Å². The molecule has 0 saturated heterocycles. The molecular formula is C24H20F2N2O5S. The van der Waals surface area contributed by atoms with Gasteiger partial charge in [-0.1, -0.05) is 18.2 Å². The van der Waals surface area contributed by atoms with Crippen LogP contribution in [-0.4, -0.2) is 27.6 Å². The topological polar surface area (TPSA) is 90.7 Å². The molecule has 0 bridgehead atoms. The first-order valence-electron chi connectivity index (χ1n) is 10.0. The molecule has 176 valence electrons. The predicted octanol–water partition coefficient (Wildman–Crippen LogP) is 5.08. The summed E-state index contributed by atoms with van der Waals surface area (Å²) >= 11 is 0. The zero-order valence-electron chi connectivity index (χ0n) is 18.2. The molecule has 0 fully saturated rings. The fourth-order valence-corrected chi connectivity index (χ4v) is 4.53. The predicted molar refractivity (Wildman–Crippen MR) is 121 cm³/mol. The molecule has 0 unspecified atom stereocenters. The van der Waals surface area contributed by atoms with Gasteiger partial charge in [-0.25, -0.2) is 17.2 Å². The van der Waals surface area contributed by atoms with Crippen molar-refractivity contribution in [1.29, 1.82) is 0 Å². The first kappa shape index (κ1) is 23.2. The second-order valence-corrected chi connectivity index (χ2v) is 9.00. The Labute approximate surface area is 194 Å². The molecule has 1 N–H and O–H groups in total. The lowest BCUT2D eigenvalue weighted by Gasteiger charge is -2.10. The summed E-state index contributed by atoms with van der Waals surface area (Å²) in [6.07, 6.45) is 0. The summed E-state index contributed by atoms with van der Waals surface area (Å²) in [6, 6.07) is 15.2. The third kappa shape index (κ3) is 4.58. The molecule has 1 heterocycles. The van der Waals surface area contributed by atoms with Crippen LogP contribution >= 0.6 is 0 Å². The zero-order chi connectivity index (χ0) is 24.3. The summed E-state index contributed by atoms with van der Waals surface area (Å²) < 4.78 is 70.4. The number of ether oxygens (including phenoxy) is 2. The SMILES string of the molecule is COc1ccc(CNc2oc(-c3ccccc3F)nc2S(=O)(=O)c2ccc(F)cc2)cc1OC. The van der Waals surface area contributed by atoms with Crippen molar-refractivity contribution in [3.8, 4) is 23.0 Å². The van der Waals surface area contributed by atoms with Crippen molar-refractivity contribution >= 4 is 15.7 Å². The van der Waals surface area contributed by atoms with Crippen LogP contribution in [0.2, 0.25) is 0 Å². The lowest BCUT2D eigenvalue weighted by atomic mass is 10.2. The highest BCUT2D eigenvalue weighted by Gasteiger charge is 2.29. The lowest BCUT2D eigenvalue weighted by molar-refractivity contribution is 0.354. The summed E-state index contributed by atoms with van der Waals surface area (Å²) in [7, 11) is -1.20. The summed E-state index contributed by atoms with van der Waals surface area (Å²) in [5, 5.41) is 2.47. The summed E-state index contributed by atoms with van der Waals surface area (Å²) in [5.41, 5.74) is 0.726. The second-order valence-electron chi connectivity index (χ2n) is 7.13. The molecule has 0 aliphatic heterocycles. The van der Waals surface area contributed by atoms with Crippen molar-refractivity contribution in [1.82, 2.24) is 4.98 Å². The molecule has 0 amide bonds. The maximum Gasteiger partial charge on any atom is 0.234 e. The Bertz CT molecular complexity index is 1420. The molecule has 0 spiro atoms. The Morgan fingerprint density at radius 1 is 0.941 bits per heavy atom. The number of hydrogen-bond acceptors (Lipinski definition) is 7. The molecule has 4 rings (SSSR count). The molecule has 0 aliphatic rings. The highest BCUT2D eigenvalue weighted by molar-refractivity contribution is 7.91. The van der Waals surface area contributed by atoms with Crippen molar-refractivity contribution < 1.29 is 31.1 Å². The average molecular weight is 486 g/mol. The largest absolute Gasteiger partial charge is 0.493 e. The summed E-state index contributed by atoms with van der Waals surface area (Å²) in [4.78, 5) is 3.91. The van der Waals surface area contributed by atoms with E-state index in [-0.39, 0.29) is 28.8 Å². The van der Waals surface area contributed by atoms with Gasteiger partial charge in [0.15, 0.2) is 11.5 Å². The highest BCUT2D eigenvalue weighted by Crippen LogP contribution is 2.34. The van der Waals surface area contributed by atoms with Gasteiger partial charge in [-0.15, -0.1) is 0 Å². The number of oxazole rings is 1. The van der Waals surface area contributed by atoms with E-state index in [9.17, 15) is 17.2 Å². The average Bonchev–Trinajstić information content (AvgIpc) is 3.28. The number of nitrogens with zero attached hydrogens (tertiary/aromatic N) is 1. The van der Waals surface area contributed by atoms with Crippen LogP contribution in [0.5, 0.6) is 11.5 Å². The van der Waals surface area contributed by atoms with Gasteiger partial charge in [0.05, 0.1) is 24.7 Å². The number of hydrogen-bond donors (Lipinski definition) is 1. The van der Waals surface area contributed by atoms with E-state index in [1.807, 2.05) is 0 Å². The third-order valence-corrected chi connectivity index (χ3v) is 6.66. The van der Waals surface area contributed by atoms with Gasteiger partial charge in [0.1, 0.15) is 11.6 Å². The number of benzene rings is 3. The quantitative estimate of drug-likeness (QED) is 0.347. The Hall–Kier alpha value is -3.92. The number of methoxy groups -OCH3 is 2. The smallest absolute Gasteiger partial charge is 0.234 e. The van der Waals surface area contributed by atoms with Gasteiger partial charge >= 0.3 is 0 Å². The molecular weight excluding hydrogens is 466 g/mol. The van der Waals surface area contributed by atoms with Crippen molar-refractivity contribution in [3.63, 3.8) is 0 Å². The van der Waals surface area contributed by atoms with Crippen molar-refractivity contribution in [2.24, 2.45) is 0 Å². The van der Waals surface area contributed by atoms with E-state index in [0.717, 1.165) is 29.8 Å². The van der Waals surface area contributed by atoms with Crippen LogP contribution in [0.4, 0.5) is 14.7 Å². The maximum absolute atomic E-state index is 14.3. The highest BCUT2D eigenvalue weighted by atomic mass is 32.2. The van der Waals surface area contributed by atoms with E-state index in [1.54, 1.807) is 24.3 Å². The van der Waals surface area contributed by atoms with Crippen LogP contribution in [0.1, 0.15) is 5.56 Å². The normalized spacial score (nSPS) is 11.3. The first-order valence-corrected chi connectivity index (χ1v) is 11.5. The van der Waals surface area contributed by atoms with Crippen LogP contribution in [0.3, 0.4) is 0 Å². The van der Waals surface area contributed by atoms with E-state index in [2.05, 4.69) is 10.3 Å². The minimum Gasteiger partial charge on any atom is -0.493 e. The number of nitrogens with one attached hydrogen (secondary N) is 1. The Balaban J connectivity index is 1.75. The van der Waals surface area contributed by atoms with Gasteiger partial charge < -0.3 is 19.2 Å². The van der Waals surface area contributed by atoms with Crippen LogP contribution in [0.15, 0.2) is 81.1 Å². The third-order valence-electron chi connectivity index (χ3n) is 4.98. The van der Waals surface area contributed by atoms with Crippen molar-refractivity contribution in [2.45, 2.75) is 16.5 Å². The van der Waals surface area contributed by atoms with E-state index >= 15 is 0 Å². The molecule has 0 radical (unpaired) electrons. The molecule has 10 heteroatoms. The van der Waals surface area contributed by atoms with Crippen molar-refractivity contribution in [3.05, 3.63) is 83.9 Å². The molecule has 7 nitrogen and oxygen atoms in total. The van der Waals surface area contributed by atoms with Gasteiger partial charge in [0.2, 0.25) is 26.6 Å². The Morgan fingerprint density at radius 2 is 1.65 bits per heavy atom. The van der Waals surface area contributed by atoms with Crippen LogP contribution < -0.4 is 14.8 Å². The van der Waals surface area contributed by atoms with Gasteiger partial charge in [-0.3, -0.25) is 0 Å². The first-order chi connectivity index (χ1) is 16.3. The Morgan fingerprint density at radius 3 is 2.32 bits per heavy atom. The van der Waals surface area contributed by atoms with Crippen LogP contribution in [-0.2, 0) is 16.4 Å². The number of rotatable bonds is 8. The number of anilines is 1. The molecule has 3 aromatic carbocycles. The number of sulfone groups is 1. The minimum atomic E-state index is -4.22. The van der Waals surface area contributed by atoms with E-state index in [1.165, 1.54) is 32.4 Å². The zero-order valence-corrected chi connectivity index (χ0v) is 19.0. The lowest BCUT2D eigenvalue weighted by Crippen LogP contribution is -2.08. The van der Waals surface area contributed by atoms with E-state index in [4.69, 9.17) is 13.9 Å². The van der Waals surface area contributed by atoms with Crippen molar-refractivity contribution in [2.75, 3.05) is 19.5 Å². The van der Waals surface area contributed by atoms with Gasteiger partial charge in [-0.2, -0.15) is 4.98 Å².